The Hall–Kier alpha value is -0.520. The molecule has 0 radical (unpaired) electrons. The minimum atomic E-state index is -4.05. The van der Waals surface area contributed by atoms with E-state index in [1.54, 1.807) is 12.1 Å². The van der Waals surface area contributed by atoms with Crippen LogP contribution in [0.25, 0.3) is 0 Å². The number of thiol groups is 1. The van der Waals surface area contributed by atoms with Gasteiger partial charge >= 0.3 is 0 Å². The quantitative estimate of drug-likeness (QED) is 0.565. The molecule has 66 valence electrons. The van der Waals surface area contributed by atoms with Gasteiger partial charge in [0.05, 0.1) is 4.90 Å². The average Bonchev–Trinajstić information content (AvgIpc) is 2.03. The van der Waals surface area contributed by atoms with E-state index >= 15 is 0 Å². The highest BCUT2D eigenvalue weighted by Gasteiger charge is 2.07. The molecule has 1 aromatic rings. The highest BCUT2D eigenvalue weighted by Crippen LogP contribution is 2.10. The number of rotatable bonds is 2. The van der Waals surface area contributed by atoms with Gasteiger partial charge in [-0.1, -0.05) is 12.1 Å². The molecule has 1 N–H and O–H groups in total. The highest BCUT2D eigenvalue weighted by atomic mass is 32.2. The fourth-order valence-electron chi connectivity index (χ4n) is 0.767. The molecule has 5 heteroatoms. The minimum Gasteiger partial charge on any atom is -0.282 e. The van der Waals surface area contributed by atoms with Crippen LogP contribution in [-0.4, -0.2) is 13.0 Å². The van der Waals surface area contributed by atoms with E-state index in [9.17, 15) is 8.42 Å². The van der Waals surface area contributed by atoms with E-state index in [0.717, 1.165) is 5.56 Å². The molecule has 0 aliphatic heterocycles. The molecule has 0 atom stereocenters. The monoisotopic (exact) mass is 204 g/mol. The summed E-state index contributed by atoms with van der Waals surface area (Å²) in [6.45, 7) is 0. The van der Waals surface area contributed by atoms with E-state index in [1.807, 2.05) is 0 Å². The summed E-state index contributed by atoms with van der Waals surface area (Å²) in [6.07, 6.45) is 0. The number of hydrogen-bond acceptors (Lipinski definition) is 3. The predicted molar refractivity (Wildman–Crippen MR) is 48.9 cm³/mol. The smallest absolute Gasteiger partial charge is 0.282 e. The Labute approximate surface area is 76.6 Å². The Kier molecular flexibility index (Phi) is 2.76. The first-order valence-electron chi connectivity index (χ1n) is 3.21. The lowest BCUT2D eigenvalue weighted by atomic mass is 10.2. The lowest BCUT2D eigenvalue weighted by Crippen LogP contribution is -1.97. The second kappa shape index (κ2) is 3.47. The molecule has 0 fully saturated rings. The third-order valence-corrected chi connectivity index (χ3v) is 2.64. The van der Waals surface area contributed by atoms with Crippen LogP contribution in [-0.2, 0) is 15.9 Å². The normalized spacial score (nSPS) is 11.5. The van der Waals surface area contributed by atoms with Gasteiger partial charge in [-0.05, 0) is 17.7 Å². The molecule has 0 saturated carbocycles. The molecule has 0 saturated heterocycles. The first-order chi connectivity index (χ1) is 5.54. The topological polar surface area (TPSA) is 54.4 Å². The van der Waals surface area contributed by atoms with Crippen LogP contribution < -0.4 is 0 Å². The van der Waals surface area contributed by atoms with Gasteiger partial charge in [-0.2, -0.15) is 21.0 Å². The summed E-state index contributed by atoms with van der Waals surface area (Å²) in [4.78, 5) is -0.0898. The molecule has 0 spiro atoms. The zero-order chi connectivity index (χ0) is 9.19. The van der Waals surface area contributed by atoms with Gasteiger partial charge in [-0.3, -0.25) is 4.55 Å². The maximum absolute atomic E-state index is 10.6. The van der Waals surface area contributed by atoms with Crippen LogP contribution in [0.3, 0.4) is 0 Å². The summed E-state index contributed by atoms with van der Waals surface area (Å²) in [7, 11) is -4.05. The maximum Gasteiger partial charge on any atom is 0.294 e. The van der Waals surface area contributed by atoms with Crippen molar-refractivity contribution in [2.45, 2.75) is 10.6 Å². The van der Waals surface area contributed by atoms with Gasteiger partial charge in [0.2, 0.25) is 0 Å². The molecule has 12 heavy (non-hydrogen) atoms. The Morgan fingerprint density at radius 1 is 1.25 bits per heavy atom. The van der Waals surface area contributed by atoms with Crippen molar-refractivity contribution in [1.82, 2.24) is 0 Å². The largest absolute Gasteiger partial charge is 0.294 e. The Balaban J connectivity index is 3.09. The van der Waals surface area contributed by atoms with Crippen molar-refractivity contribution < 1.29 is 13.0 Å². The summed E-state index contributed by atoms with van der Waals surface area (Å²) >= 11 is 4.00. The Bertz CT molecular complexity index is 353. The van der Waals surface area contributed by atoms with E-state index in [2.05, 4.69) is 12.6 Å². The van der Waals surface area contributed by atoms with Crippen molar-refractivity contribution in [2.75, 3.05) is 0 Å². The molecule has 0 aliphatic rings. The summed E-state index contributed by atoms with van der Waals surface area (Å²) in [5.41, 5.74) is 0.908. The van der Waals surface area contributed by atoms with Crippen LogP contribution in [0.1, 0.15) is 5.56 Å². The second-order valence-electron chi connectivity index (χ2n) is 2.28. The van der Waals surface area contributed by atoms with Crippen molar-refractivity contribution in [3.8, 4) is 0 Å². The summed E-state index contributed by atoms with van der Waals surface area (Å²) in [5.74, 6) is 0.547. The van der Waals surface area contributed by atoms with Crippen LogP contribution in [0.5, 0.6) is 0 Å². The van der Waals surface area contributed by atoms with E-state index in [1.165, 1.54) is 12.1 Å². The third kappa shape index (κ3) is 2.23. The molecule has 0 unspecified atom stereocenters. The molecule has 0 aromatic heterocycles. The average molecular weight is 204 g/mol. The van der Waals surface area contributed by atoms with Crippen molar-refractivity contribution >= 4 is 22.7 Å². The number of benzene rings is 1. The van der Waals surface area contributed by atoms with E-state index < -0.39 is 10.1 Å². The van der Waals surface area contributed by atoms with Gasteiger partial charge in [-0.25, -0.2) is 0 Å². The Morgan fingerprint density at radius 2 is 1.75 bits per heavy atom. The van der Waals surface area contributed by atoms with Gasteiger partial charge in [0, 0.05) is 5.75 Å². The van der Waals surface area contributed by atoms with Crippen molar-refractivity contribution in [2.24, 2.45) is 0 Å². The van der Waals surface area contributed by atoms with Crippen LogP contribution in [0.4, 0.5) is 0 Å². The molecule has 1 rings (SSSR count). The molecule has 0 amide bonds. The standard InChI is InChI=1S/C7H8O3S2/c8-12(9,10)7-3-1-6(5-11)2-4-7/h1-4,11H,5H2,(H,8,9,10). The second-order valence-corrected chi connectivity index (χ2v) is 4.01. The van der Waals surface area contributed by atoms with Crippen LogP contribution in [0.15, 0.2) is 29.2 Å². The van der Waals surface area contributed by atoms with E-state index in [4.69, 9.17) is 4.55 Å². The van der Waals surface area contributed by atoms with E-state index in [-0.39, 0.29) is 4.90 Å². The minimum absolute atomic E-state index is 0.0898. The van der Waals surface area contributed by atoms with Gasteiger partial charge in [0.1, 0.15) is 0 Å². The summed E-state index contributed by atoms with van der Waals surface area (Å²) in [6, 6.07) is 5.91. The third-order valence-electron chi connectivity index (χ3n) is 1.40. The molecular formula is C7H8O3S2. The summed E-state index contributed by atoms with van der Waals surface area (Å²) in [5, 5.41) is 0. The first-order valence-corrected chi connectivity index (χ1v) is 5.28. The Morgan fingerprint density at radius 3 is 2.08 bits per heavy atom. The lowest BCUT2D eigenvalue weighted by molar-refractivity contribution is 0.483. The highest BCUT2D eigenvalue weighted by molar-refractivity contribution is 7.85. The van der Waals surface area contributed by atoms with Crippen molar-refractivity contribution in [1.29, 1.82) is 0 Å². The SMILES string of the molecule is O=S(=O)(O)c1ccc(CS)cc1. The fraction of sp³-hybridized carbons (Fsp3) is 0.143. The van der Waals surface area contributed by atoms with Gasteiger partial charge in [0.15, 0.2) is 0 Å². The molecular weight excluding hydrogens is 196 g/mol. The summed E-state index contributed by atoms with van der Waals surface area (Å²) < 4.78 is 29.7. The molecule has 0 bridgehead atoms. The zero-order valence-corrected chi connectivity index (χ0v) is 7.85. The molecule has 0 heterocycles. The number of hydrogen-bond donors (Lipinski definition) is 2. The fourth-order valence-corrected chi connectivity index (χ4v) is 1.46. The van der Waals surface area contributed by atoms with E-state index in [0.29, 0.717) is 5.75 Å². The lowest BCUT2D eigenvalue weighted by Gasteiger charge is -1.97. The van der Waals surface area contributed by atoms with Crippen LogP contribution >= 0.6 is 12.6 Å². The van der Waals surface area contributed by atoms with Crippen LogP contribution in [0.2, 0.25) is 0 Å². The predicted octanol–water partition coefficient (Wildman–Crippen LogP) is 1.36. The molecule has 1 aromatic carbocycles. The first kappa shape index (κ1) is 9.57. The van der Waals surface area contributed by atoms with Crippen molar-refractivity contribution in [3.05, 3.63) is 29.8 Å². The van der Waals surface area contributed by atoms with Gasteiger partial charge in [0.25, 0.3) is 10.1 Å². The van der Waals surface area contributed by atoms with Crippen LogP contribution in [0, 0.1) is 0 Å². The van der Waals surface area contributed by atoms with Crippen molar-refractivity contribution in [3.63, 3.8) is 0 Å². The van der Waals surface area contributed by atoms with Gasteiger partial charge in [-0.15, -0.1) is 0 Å². The molecule has 0 aliphatic carbocycles. The zero-order valence-electron chi connectivity index (χ0n) is 6.14. The van der Waals surface area contributed by atoms with Gasteiger partial charge < -0.3 is 0 Å². The maximum atomic E-state index is 10.6. The molecule has 3 nitrogen and oxygen atoms in total.